The molecular weight excluding hydrogens is 196 g/mol. The van der Waals surface area contributed by atoms with Crippen LogP contribution in [0.1, 0.15) is 53.9 Å². The second-order valence-corrected chi connectivity index (χ2v) is 5.72. The summed E-state index contributed by atoms with van der Waals surface area (Å²) in [5, 5.41) is 0. The van der Waals surface area contributed by atoms with Gasteiger partial charge in [0.15, 0.2) is 0 Å². The standard InChI is InChI=1S/C14H30N2/c1-6-8-14(5,7-2)16-11-9-15(10-12-16)13(3)4/h13H,6-12H2,1-5H3. The van der Waals surface area contributed by atoms with Gasteiger partial charge >= 0.3 is 0 Å². The molecule has 0 radical (unpaired) electrons. The molecular formula is C14H30N2. The molecule has 0 amide bonds. The van der Waals surface area contributed by atoms with E-state index in [4.69, 9.17) is 0 Å². The molecule has 1 atom stereocenters. The first kappa shape index (κ1) is 14.0. The molecule has 0 aromatic carbocycles. The Bertz CT molecular complexity index is 195. The quantitative estimate of drug-likeness (QED) is 0.711. The first-order chi connectivity index (χ1) is 7.53. The van der Waals surface area contributed by atoms with E-state index in [1.54, 1.807) is 0 Å². The van der Waals surface area contributed by atoms with Crippen LogP contribution in [0.15, 0.2) is 0 Å². The fourth-order valence-electron chi connectivity index (χ4n) is 2.88. The van der Waals surface area contributed by atoms with Gasteiger partial charge in [-0.2, -0.15) is 0 Å². The number of rotatable bonds is 5. The van der Waals surface area contributed by atoms with E-state index < -0.39 is 0 Å². The summed E-state index contributed by atoms with van der Waals surface area (Å²) in [5.41, 5.74) is 0.442. The minimum absolute atomic E-state index is 0.442. The van der Waals surface area contributed by atoms with Gasteiger partial charge < -0.3 is 0 Å². The summed E-state index contributed by atoms with van der Waals surface area (Å²) >= 11 is 0. The van der Waals surface area contributed by atoms with Crippen molar-refractivity contribution in [1.29, 1.82) is 0 Å². The Morgan fingerprint density at radius 2 is 1.62 bits per heavy atom. The Hall–Kier alpha value is -0.0800. The zero-order valence-corrected chi connectivity index (χ0v) is 11.9. The van der Waals surface area contributed by atoms with Crippen LogP contribution in [0.2, 0.25) is 0 Å². The van der Waals surface area contributed by atoms with E-state index >= 15 is 0 Å². The van der Waals surface area contributed by atoms with E-state index in [-0.39, 0.29) is 0 Å². The van der Waals surface area contributed by atoms with Crippen LogP contribution in [0.5, 0.6) is 0 Å². The third-order valence-corrected chi connectivity index (χ3v) is 4.36. The molecule has 1 saturated heterocycles. The van der Waals surface area contributed by atoms with Gasteiger partial charge in [0.2, 0.25) is 0 Å². The smallest absolute Gasteiger partial charge is 0.0179 e. The van der Waals surface area contributed by atoms with Crippen LogP contribution in [0.25, 0.3) is 0 Å². The summed E-state index contributed by atoms with van der Waals surface area (Å²) in [6.07, 6.45) is 3.92. The third-order valence-electron chi connectivity index (χ3n) is 4.36. The maximum atomic E-state index is 2.72. The van der Waals surface area contributed by atoms with Crippen LogP contribution in [0, 0.1) is 0 Å². The fourth-order valence-corrected chi connectivity index (χ4v) is 2.88. The van der Waals surface area contributed by atoms with Gasteiger partial charge in [0.05, 0.1) is 0 Å². The summed E-state index contributed by atoms with van der Waals surface area (Å²) in [6.45, 7) is 16.7. The molecule has 0 aromatic rings. The second kappa shape index (κ2) is 6.02. The molecule has 1 unspecified atom stereocenters. The highest BCUT2D eigenvalue weighted by molar-refractivity contribution is 4.88. The molecule has 0 bridgehead atoms. The predicted molar refractivity (Wildman–Crippen MR) is 71.9 cm³/mol. The van der Waals surface area contributed by atoms with Gasteiger partial charge in [0.1, 0.15) is 0 Å². The Morgan fingerprint density at radius 3 is 2.00 bits per heavy atom. The molecule has 2 nitrogen and oxygen atoms in total. The van der Waals surface area contributed by atoms with Crippen LogP contribution in [0.3, 0.4) is 0 Å². The van der Waals surface area contributed by atoms with Crippen molar-refractivity contribution in [3.63, 3.8) is 0 Å². The largest absolute Gasteiger partial charge is 0.298 e. The van der Waals surface area contributed by atoms with Crippen LogP contribution < -0.4 is 0 Å². The highest BCUT2D eigenvalue weighted by atomic mass is 15.3. The Kier molecular flexibility index (Phi) is 5.26. The molecule has 0 saturated carbocycles. The summed E-state index contributed by atoms with van der Waals surface area (Å²) in [6, 6.07) is 0.709. The molecule has 0 N–H and O–H groups in total. The topological polar surface area (TPSA) is 6.48 Å². The lowest BCUT2D eigenvalue weighted by atomic mass is 9.90. The molecule has 1 fully saturated rings. The summed E-state index contributed by atoms with van der Waals surface area (Å²) in [7, 11) is 0. The maximum absolute atomic E-state index is 2.72. The summed E-state index contributed by atoms with van der Waals surface area (Å²) < 4.78 is 0. The minimum atomic E-state index is 0.442. The number of nitrogens with zero attached hydrogens (tertiary/aromatic N) is 2. The molecule has 2 heteroatoms. The Morgan fingerprint density at radius 1 is 1.06 bits per heavy atom. The predicted octanol–water partition coefficient (Wildman–Crippen LogP) is 2.98. The Labute approximate surface area is 102 Å². The molecule has 1 aliphatic heterocycles. The van der Waals surface area contributed by atoms with E-state index in [1.807, 2.05) is 0 Å². The normalized spacial score (nSPS) is 23.6. The zero-order valence-electron chi connectivity index (χ0n) is 11.9. The fraction of sp³-hybridized carbons (Fsp3) is 1.00. The van der Waals surface area contributed by atoms with Gasteiger partial charge in [0, 0.05) is 37.8 Å². The number of hydrogen-bond acceptors (Lipinski definition) is 2. The van der Waals surface area contributed by atoms with E-state index in [9.17, 15) is 0 Å². The first-order valence-corrected chi connectivity index (χ1v) is 7.02. The van der Waals surface area contributed by atoms with Crippen molar-refractivity contribution >= 4 is 0 Å². The minimum Gasteiger partial charge on any atom is -0.298 e. The SMILES string of the molecule is CCCC(C)(CC)N1CCN(C(C)C)CC1. The van der Waals surface area contributed by atoms with Gasteiger partial charge in [-0.15, -0.1) is 0 Å². The van der Waals surface area contributed by atoms with Crippen molar-refractivity contribution in [2.75, 3.05) is 26.2 Å². The van der Waals surface area contributed by atoms with Gasteiger partial charge in [-0.1, -0.05) is 20.3 Å². The molecule has 1 rings (SSSR count). The van der Waals surface area contributed by atoms with Crippen molar-refractivity contribution in [2.45, 2.75) is 65.5 Å². The lowest BCUT2D eigenvalue weighted by Crippen LogP contribution is -2.56. The van der Waals surface area contributed by atoms with Crippen molar-refractivity contribution in [2.24, 2.45) is 0 Å². The second-order valence-electron chi connectivity index (χ2n) is 5.72. The molecule has 0 aromatic heterocycles. The van der Waals surface area contributed by atoms with Crippen LogP contribution >= 0.6 is 0 Å². The summed E-state index contributed by atoms with van der Waals surface area (Å²) in [4.78, 5) is 5.31. The number of piperazine rings is 1. The Balaban J connectivity index is 2.51. The van der Waals surface area contributed by atoms with Crippen LogP contribution in [-0.4, -0.2) is 47.6 Å². The highest BCUT2D eigenvalue weighted by Crippen LogP contribution is 2.26. The lowest BCUT2D eigenvalue weighted by molar-refractivity contribution is 0.0237. The van der Waals surface area contributed by atoms with Crippen molar-refractivity contribution in [3.8, 4) is 0 Å². The molecule has 1 aliphatic rings. The van der Waals surface area contributed by atoms with E-state index in [0.29, 0.717) is 11.6 Å². The average Bonchev–Trinajstić information content (AvgIpc) is 2.29. The van der Waals surface area contributed by atoms with E-state index in [0.717, 1.165) is 0 Å². The maximum Gasteiger partial charge on any atom is 0.0179 e. The summed E-state index contributed by atoms with van der Waals surface area (Å²) in [5.74, 6) is 0. The van der Waals surface area contributed by atoms with Crippen LogP contribution in [-0.2, 0) is 0 Å². The third kappa shape index (κ3) is 3.21. The van der Waals surface area contributed by atoms with Crippen molar-refractivity contribution in [1.82, 2.24) is 9.80 Å². The highest BCUT2D eigenvalue weighted by Gasteiger charge is 2.31. The van der Waals surface area contributed by atoms with E-state index in [1.165, 1.54) is 45.4 Å². The molecule has 0 spiro atoms. The lowest BCUT2D eigenvalue weighted by Gasteiger charge is -2.46. The van der Waals surface area contributed by atoms with Crippen LogP contribution in [0.4, 0.5) is 0 Å². The van der Waals surface area contributed by atoms with Gasteiger partial charge in [0.25, 0.3) is 0 Å². The van der Waals surface area contributed by atoms with E-state index in [2.05, 4.69) is 44.4 Å². The molecule has 0 aliphatic carbocycles. The van der Waals surface area contributed by atoms with Crippen molar-refractivity contribution in [3.05, 3.63) is 0 Å². The van der Waals surface area contributed by atoms with Gasteiger partial charge in [-0.05, 0) is 33.6 Å². The van der Waals surface area contributed by atoms with Gasteiger partial charge in [-0.3, -0.25) is 9.80 Å². The zero-order chi connectivity index (χ0) is 12.2. The monoisotopic (exact) mass is 226 g/mol. The first-order valence-electron chi connectivity index (χ1n) is 7.02. The molecule has 1 heterocycles. The van der Waals surface area contributed by atoms with Crippen molar-refractivity contribution < 1.29 is 0 Å². The molecule has 16 heavy (non-hydrogen) atoms. The average molecular weight is 226 g/mol. The van der Waals surface area contributed by atoms with Gasteiger partial charge in [-0.25, -0.2) is 0 Å². The number of hydrogen-bond donors (Lipinski definition) is 0. The molecule has 96 valence electrons.